The molecule has 1 atom stereocenters. The largest absolute Gasteiger partial charge is 0.353 e. The van der Waals surface area contributed by atoms with Crippen LogP contribution in [0.5, 0.6) is 0 Å². The number of nitrogens with zero attached hydrogens (tertiary/aromatic N) is 7. The number of nitrogens with one attached hydrogen (secondary N) is 1. The Balaban J connectivity index is 1.39. The van der Waals surface area contributed by atoms with Crippen LogP contribution in [-0.2, 0) is 11.8 Å². The van der Waals surface area contributed by atoms with E-state index in [1.54, 1.807) is 10.9 Å². The van der Waals surface area contributed by atoms with Crippen LogP contribution in [0, 0.1) is 10.1 Å². The van der Waals surface area contributed by atoms with Gasteiger partial charge in [-0.1, -0.05) is 11.6 Å². The summed E-state index contributed by atoms with van der Waals surface area (Å²) >= 11 is 6.09. The normalized spacial score (nSPS) is 15.8. The summed E-state index contributed by atoms with van der Waals surface area (Å²) in [6.45, 7) is 4.59. The zero-order valence-corrected chi connectivity index (χ0v) is 17.8. The molecular formula is C19H21ClN8O3. The summed E-state index contributed by atoms with van der Waals surface area (Å²) in [4.78, 5) is 36.0. The summed E-state index contributed by atoms with van der Waals surface area (Å²) in [5.74, 6) is 0.619. The third kappa shape index (κ3) is 4.14. The van der Waals surface area contributed by atoms with Crippen molar-refractivity contribution in [2.24, 2.45) is 7.05 Å². The smallest absolute Gasteiger partial charge is 0.271 e. The van der Waals surface area contributed by atoms with Crippen molar-refractivity contribution in [3.8, 4) is 0 Å². The third-order valence-corrected chi connectivity index (χ3v) is 5.78. The molecule has 0 spiro atoms. The van der Waals surface area contributed by atoms with Gasteiger partial charge in [0, 0.05) is 45.4 Å². The van der Waals surface area contributed by atoms with E-state index in [0.29, 0.717) is 31.9 Å². The van der Waals surface area contributed by atoms with Crippen molar-refractivity contribution in [3.63, 3.8) is 0 Å². The van der Waals surface area contributed by atoms with Gasteiger partial charge in [-0.05, 0) is 13.0 Å². The predicted octanol–water partition coefficient (Wildman–Crippen LogP) is 2.07. The molecule has 1 aliphatic rings. The lowest BCUT2D eigenvalue weighted by atomic mass is 10.2. The number of carbonyl (C=O) groups excluding carboxylic acids is 1. The van der Waals surface area contributed by atoms with Gasteiger partial charge in [0.15, 0.2) is 5.65 Å². The van der Waals surface area contributed by atoms with Crippen LogP contribution in [0.3, 0.4) is 0 Å². The number of nitro groups is 1. The number of piperazine rings is 1. The maximum atomic E-state index is 12.7. The van der Waals surface area contributed by atoms with Crippen molar-refractivity contribution in [2.45, 2.75) is 13.0 Å². The van der Waals surface area contributed by atoms with Crippen molar-refractivity contribution >= 4 is 45.7 Å². The Morgan fingerprint density at radius 2 is 2.00 bits per heavy atom. The van der Waals surface area contributed by atoms with Crippen molar-refractivity contribution in [1.29, 1.82) is 0 Å². The molecule has 1 N–H and O–H groups in total. The van der Waals surface area contributed by atoms with Crippen LogP contribution in [0.15, 0.2) is 30.7 Å². The number of nitro benzene ring substituents is 1. The maximum absolute atomic E-state index is 12.7. The quantitative estimate of drug-likeness (QED) is 0.468. The van der Waals surface area contributed by atoms with E-state index in [0.717, 1.165) is 16.9 Å². The number of benzene rings is 1. The second-order valence-corrected chi connectivity index (χ2v) is 7.72. The summed E-state index contributed by atoms with van der Waals surface area (Å²) < 4.78 is 1.71. The monoisotopic (exact) mass is 444 g/mol. The summed E-state index contributed by atoms with van der Waals surface area (Å²) in [7, 11) is 1.84. The van der Waals surface area contributed by atoms with Crippen LogP contribution in [-0.4, -0.2) is 67.7 Å². The maximum Gasteiger partial charge on any atom is 0.271 e. The lowest BCUT2D eigenvalue weighted by Crippen LogP contribution is -2.53. The van der Waals surface area contributed by atoms with Crippen molar-refractivity contribution < 1.29 is 9.72 Å². The van der Waals surface area contributed by atoms with E-state index in [9.17, 15) is 14.9 Å². The van der Waals surface area contributed by atoms with E-state index in [4.69, 9.17) is 11.6 Å². The Labute approximate surface area is 182 Å². The highest BCUT2D eigenvalue weighted by atomic mass is 35.5. The van der Waals surface area contributed by atoms with Crippen molar-refractivity contribution in [3.05, 3.63) is 45.9 Å². The second kappa shape index (κ2) is 8.44. The van der Waals surface area contributed by atoms with Gasteiger partial charge in [0.2, 0.25) is 5.91 Å². The summed E-state index contributed by atoms with van der Waals surface area (Å²) in [5, 5.41) is 18.9. The first-order chi connectivity index (χ1) is 14.8. The third-order valence-electron chi connectivity index (χ3n) is 5.47. The molecule has 0 bridgehead atoms. The minimum Gasteiger partial charge on any atom is -0.353 e. The number of hydrogen-bond acceptors (Lipinski definition) is 8. The molecule has 0 aliphatic carbocycles. The van der Waals surface area contributed by atoms with Crippen LogP contribution >= 0.6 is 11.6 Å². The molecule has 31 heavy (non-hydrogen) atoms. The number of hydrogen-bond donors (Lipinski definition) is 1. The molecule has 1 amide bonds. The Kier molecular flexibility index (Phi) is 5.70. The van der Waals surface area contributed by atoms with Gasteiger partial charge >= 0.3 is 0 Å². The second-order valence-electron chi connectivity index (χ2n) is 7.31. The highest BCUT2D eigenvalue weighted by Gasteiger charge is 2.27. The summed E-state index contributed by atoms with van der Waals surface area (Å²) in [5.41, 5.74) is 1.00. The van der Waals surface area contributed by atoms with Gasteiger partial charge in [0.25, 0.3) is 5.69 Å². The number of non-ortho nitro benzene ring substituents is 1. The minimum absolute atomic E-state index is 0.125. The number of carbonyl (C=O) groups is 1. The fourth-order valence-electron chi connectivity index (χ4n) is 3.64. The number of anilines is 2. The molecule has 4 rings (SSSR count). The van der Waals surface area contributed by atoms with Crippen LogP contribution in [0.4, 0.5) is 17.2 Å². The molecule has 3 heterocycles. The molecule has 12 heteroatoms. The number of aromatic nitrogens is 4. The highest BCUT2D eigenvalue weighted by Crippen LogP contribution is 2.27. The van der Waals surface area contributed by atoms with Gasteiger partial charge in [-0.3, -0.25) is 24.5 Å². The van der Waals surface area contributed by atoms with Gasteiger partial charge in [0.1, 0.15) is 12.1 Å². The summed E-state index contributed by atoms with van der Waals surface area (Å²) in [6.07, 6.45) is 3.30. The molecule has 1 aromatic carbocycles. The molecular weight excluding hydrogens is 424 g/mol. The van der Waals surface area contributed by atoms with Gasteiger partial charge < -0.3 is 10.2 Å². The molecule has 162 valence electrons. The van der Waals surface area contributed by atoms with Crippen LogP contribution in [0.2, 0.25) is 5.02 Å². The Bertz CT molecular complexity index is 1140. The minimum atomic E-state index is -0.531. The van der Waals surface area contributed by atoms with Gasteiger partial charge in [-0.2, -0.15) is 5.10 Å². The Morgan fingerprint density at radius 3 is 2.68 bits per heavy atom. The van der Waals surface area contributed by atoms with Gasteiger partial charge in [-0.15, -0.1) is 0 Å². The SMILES string of the molecule is CC(C(=O)Nc1ccc([N+](=O)[O-])cc1Cl)N1CCN(c2ncnc3c2cnn3C)CC1. The van der Waals surface area contributed by atoms with E-state index in [1.807, 2.05) is 14.0 Å². The Morgan fingerprint density at radius 1 is 1.26 bits per heavy atom. The number of rotatable bonds is 5. The van der Waals surface area contributed by atoms with Crippen molar-refractivity contribution in [1.82, 2.24) is 24.6 Å². The van der Waals surface area contributed by atoms with E-state index in [-0.39, 0.29) is 16.6 Å². The fraction of sp³-hybridized carbons (Fsp3) is 0.368. The molecule has 1 fully saturated rings. The predicted molar refractivity (Wildman–Crippen MR) is 116 cm³/mol. The molecule has 0 saturated carbocycles. The lowest BCUT2D eigenvalue weighted by molar-refractivity contribution is -0.384. The van der Waals surface area contributed by atoms with E-state index >= 15 is 0 Å². The molecule has 1 aliphatic heterocycles. The number of amides is 1. The number of aryl methyl sites for hydroxylation is 1. The average molecular weight is 445 g/mol. The van der Waals surface area contributed by atoms with Gasteiger partial charge in [0.05, 0.1) is 33.3 Å². The first kappa shape index (κ1) is 20.9. The zero-order valence-electron chi connectivity index (χ0n) is 17.0. The van der Waals surface area contributed by atoms with E-state index in [2.05, 4.69) is 30.2 Å². The molecule has 0 radical (unpaired) electrons. The molecule has 11 nitrogen and oxygen atoms in total. The number of halogens is 1. The molecule has 1 saturated heterocycles. The van der Waals surface area contributed by atoms with Crippen molar-refractivity contribution in [2.75, 3.05) is 36.4 Å². The van der Waals surface area contributed by atoms with Crippen LogP contribution < -0.4 is 10.2 Å². The molecule has 3 aromatic rings. The Hall–Kier alpha value is -3.31. The number of fused-ring (bicyclic) bond motifs is 1. The van der Waals surface area contributed by atoms with E-state index < -0.39 is 11.0 Å². The van der Waals surface area contributed by atoms with Crippen LogP contribution in [0.1, 0.15) is 6.92 Å². The van der Waals surface area contributed by atoms with E-state index in [1.165, 1.54) is 24.5 Å². The average Bonchev–Trinajstić information content (AvgIpc) is 3.15. The first-order valence-corrected chi connectivity index (χ1v) is 10.1. The summed E-state index contributed by atoms with van der Waals surface area (Å²) in [6, 6.07) is 3.59. The molecule has 2 aromatic heterocycles. The van der Waals surface area contributed by atoms with Gasteiger partial charge in [-0.25, -0.2) is 9.97 Å². The zero-order chi connectivity index (χ0) is 22.1. The highest BCUT2D eigenvalue weighted by molar-refractivity contribution is 6.34. The standard InChI is InChI=1S/C19H21ClN8O3/c1-12(19(29)24-16-4-3-13(28(30)31)9-15(16)20)26-5-7-27(8-6-26)18-14-10-23-25(2)17(14)21-11-22-18/h3-4,9-12H,5-8H2,1-2H3,(H,24,29). The topological polar surface area (TPSA) is 122 Å². The first-order valence-electron chi connectivity index (χ1n) is 9.71. The lowest BCUT2D eigenvalue weighted by Gasteiger charge is -2.38. The fourth-order valence-corrected chi connectivity index (χ4v) is 3.87. The van der Waals surface area contributed by atoms with Crippen LogP contribution in [0.25, 0.3) is 11.0 Å². The molecule has 1 unspecified atom stereocenters.